The van der Waals surface area contributed by atoms with Gasteiger partial charge in [0.25, 0.3) is 0 Å². The van der Waals surface area contributed by atoms with Crippen LogP contribution < -0.4 is 26.9 Å². The summed E-state index contributed by atoms with van der Waals surface area (Å²) < 4.78 is 11.1. The fourth-order valence-corrected chi connectivity index (χ4v) is 2.66. The summed E-state index contributed by atoms with van der Waals surface area (Å²) in [5, 5.41) is 0. The van der Waals surface area contributed by atoms with Gasteiger partial charge >= 0.3 is 0 Å². The van der Waals surface area contributed by atoms with Gasteiger partial charge in [0.05, 0.1) is 18.6 Å². The lowest BCUT2D eigenvalue weighted by Crippen LogP contribution is -2.41. The Balaban J connectivity index is 2.15. The molecule has 7 heteroatoms. The minimum atomic E-state index is -0.318. The quantitative estimate of drug-likeness (QED) is 0.249. The number of carbonyl (C=O) groups is 1. The average Bonchev–Trinajstić information content (AvgIpc) is 2.93. The molecule has 1 aromatic rings. The Labute approximate surface area is 130 Å². The van der Waals surface area contributed by atoms with Crippen LogP contribution in [0.3, 0.4) is 0 Å². The number of rotatable bonds is 7. The number of hydrogen-bond acceptors (Lipinski definition) is 6. The number of nitrogens with two attached hydrogens (primary N) is 1. The Morgan fingerprint density at radius 1 is 1.32 bits per heavy atom. The number of benzene rings is 1. The van der Waals surface area contributed by atoms with Crippen LogP contribution >= 0.6 is 0 Å². The van der Waals surface area contributed by atoms with Gasteiger partial charge in [-0.3, -0.25) is 15.6 Å². The van der Waals surface area contributed by atoms with Crippen molar-refractivity contribution < 1.29 is 14.3 Å². The minimum Gasteiger partial charge on any atom is -0.491 e. The number of hydrogen-bond donors (Lipinski definition) is 4. The maximum absolute atomic E-state index is 12.0. The molecule has 1 saturated heterocycles. The molecule has 1 aromatic carbocycles. The molecule has 1 aliphatic rings. The van der Waals surface area contributed by atoms with Crippen molar-refractivity contribution >= 4 is 5.91 Å². The van der Waals surface area contributed by atoms with E-state index in [1.807, 2.05) is 38.1 Å². The molecule has 122 valence electrons. The van der Waals surface area contributed by atoms with Crippen LogP contribution in [-0.4, -0.2) is 31.8 Å². The lowest BCUT2D eigenvalue weighted by molar-refractivity contribution is -0.125. The molecule has 1 fully saturated rings. The molecule has 0 aromatic heterocycles. The molecule has 0 spiro atoms. The smallest absolute Gasteiger partial charge is 0.240 e. The molecule has 5 N–H and O–H groups in total. The first kappa shape index (κ1) is 16.7. The van der Waals surface area contributed by atoms with Gasteiger partial charge < -0.3 is 9.47 Å². The van der Waals surface area contributed by atoms with E-state index in [0.717, 1.165) is 11.3 Å². The van der Waals surface area contributed by atoms with Gasteiger partial charge in [-0.05, 0) is 19.9 Å². The van der Waals surface area contributed by atoms with Gasteiger partial charge in [0.1, 0.15) is 12.4 Å². The predicted molar refractivity (Wildman–Crippen MR) is 82.7 cm³/mol. The molecule has 0 aliphatic carbocycles. The Hall–Kier alpha value is -1.67. The zero-order chi connectivity index (χ0) is 15.9. The Morgan fingerprint density at radius 3 is 2.82 bits per heavy atom. The van der Waals surface area contributed by atoms with Gasteiger partial charge in [-0.25, -0.2) is 11.3 Å². The standard InChI is InChI=1S/C15H24N4O3/c1-3-21-8-9-22-12-7-5-4-6-11(12)14-13(15(20)17-16)10(2)18-19-14/h4-7,10,13-14,18-19H,3,8-9,16H2,1-2H3,(H,17,20). The van der Waals surface area contributed by atoms with Crippen molar-refractivity contribution in [3.8, 4) is 5.75 Å². The zero-order valence-corrected chi connectivity index (χ0v) is 13.0. The summed E-state index contributed by atoms with van der Waals surface area (Å²) in [5.41, 5.74) is 9.40. The maximum Gasteiger partial charge on any atom is 0.240 e. The summed E-state index contributed by atoms with van der Waals surface area (Å²) in [6, 6.07) is 7.43. The first-order valence-corrected chi connectivity index (χ1v) is 7.50. The summed E-state index contributed by atoms with van der Waals surface area (Å²) in [6.07, 6.45) is 0. The summed E-state index contributed by atoms with van der Waals surface area (Å²) >= 11 is 0. The number of ether oxygens (including phenoxy) is 2. The van der Waals surface area contributed by atoms with E-state index in [0.29, 0.717) is 19.8 Å². The van der Waals surface area contributed by atoms with Crippen LogP contribution in [0.1, 0.15) is 25.5 Å². The van der Waals surface area contributed by atoms with Crippen LogP contribution in [0.15, 0.2) is 24.3 Å². The zero-order valence-electron chi connectivity index (χ0n) is 13.0. The maximum atomic E-state index is 12.0. The van der Waals surface area contributed by atoms with Gasteiger partial charge in [-0.2, -0.15) is 0 Å². The Bertz CT molecular complexity index is 497. The van der Waals surface area contributed by atoms with E-state index >= 15 is 0 Å². The van der Waals surface area contributed by atoms with Crippen molar-refractivity contribution in [2.75, 3.05) is 19.8 Å². The highest BCUT2D eigenvalue weighted by Crippen LogP contribution is 2.34. The fraction of sp³-hybridized carbons (Fsp3) is 0.533. The molecule has 1 amide bonds. The number of para-hydroxylation sites is 1. The highest BCUT2D eigenvalue weighted by Gasteiger charge is 2.40. The van der Waals surface area contributed by atoms with Crippen molar-refractivity contribution in [3.63, 3.8) is 0 Å². The van der Waals surface area contributed by atoms with Crippen molar-refractivity contribution in [1.29, 1.82) is 0 Å². The van der Waals surface area contributed by atoms with Gasteiger partial charge in [0.2, 0.25) is 5.91 Å². The van der Waals surface area contributed by atoms with E-state index < -0.39 is 0 Å². The van der Waals surface area contributed by atoms with E-state index in [1.165, 1.54) is 0 Å². The predicted octanol–water partition coefficient (Wildman–Crippen LogP) is 0.245. The molecule has 1 heterocycles. The summed E-state index contributed by atoms with van der Waals surface area (Å²) in [6.45, 7) is 5.54. The van der Waals surface area contributed by atoms with E-state index in [2.05, 4.69) is 16.3 Å². The largest absolute Gasteiger partial charge is 0.491 e. The minimum absolute atomic E-state index is 0.0370. The van der Waals surface area contributed by atoms with Gasteiger partial charge in [-0.1, -0.05) is 18.2 Å². The van der Waals surface area contributed by atoms with Crippen LogP contribution in [0.4, 0.5) is 0 Å². The van der Waals surface area contributed by atoms with Gasteiger partial charge in [0.15, 0.2) is 0 Å². The van der Waals surface area contributed by atoms with E-state index in [1.54, 1.807) is 0 Å². The first-order chi connectivity index (χ1) is 10.7. The van der Waals surface area contributed by atoms with Crippen LogP contribution in [0, 0.1) is 5.92 Å². The van der Waals surface area contributed by atoms with Crippen LogP contribution in [-0.2, 0) is 9.53 Å². The summed E-state index contributed by atoms with van der Waals surface area (Å²) in [4.78, 5) is 12.0. The monoisotopic (exact) mass is 308 g/mol. The Morgan fingerprint density at radius 2 is 2.09 bits per heavy atom. The second kappa shape index (κ2) is 8.09. The Kier molecular flexibility index (Phi) is 6.14. The van der Waals surface area contributed by atoms with Crippen molar-refractivity contribution in [2.45, 2.75) is 25.9 Å². The van der Waals surface area contributed by atoms with Crippen molar-refractivity contribution in [3.05, 3.63) is 29.8 Å². The molecule has 0 radical (unpaired) electrons. The van der Waals surface area contributed by atoms with Crippen LogP contribution in [0.5, 0.6) is 5.75 Å². The number of nitrogens with one attached hydrogen (secondary N) is 3. The first-order valence-electron chi connectivity index (χ1n) is 7.50. The number of hydrazine groups is 2. The average molecular weight is 308 g/mol. The topological polar surface area (TPSA) is 97.6 Å². The van der Waals surface area contributed by atoms with Crippen LogP contribution in [0.25, 0.3) is 0 Å². The molecule has 3 unspecified atom stereocenters. The van der Waals surface area contributed by atoms with Crippen LogP contribution in [0.2, 0.25) is 0 Å². The molecule has 22 heavy (non-hydrogen) atoms. The molecule has 3 atom stereocenters. The van der Waals surface area contributed by atoms with E-state index in [-0.39, 0.29) is 23.9 Å². The summed E-state index contributed by atoms with van der Waals surface area (Å²) in [7, 11) is 0. The van der Waals surface area contributed by atoms with Crippen molar-refractivity contribution in [2.24, 2.45) is 11.8 Å². The normalized spacial score (nSPS) is 24.2. The molecule has 0 bridgehead atoms. The highest BCUT2D eigenvalue weighted by atomic mass is 16.5. The fourth-order valence-electron chi connectivity index (χ4n) is 2.66. The molecule has 1 aliphatic heterocycles. The van der Waals surface area contributed by atoms with E-state index in [9.17, 15) is 4.79 Å². The summed E-state index contributed by atoms with van der Waals surface area (Å²) in [5.74, 6) is 5.52. The lowest BCUT2D eigenvalue weighted by atomic mass is 9.89. The van der Waals surface area contributed by atoms with Crippen molar-refractivity contribution in [1.82, 2.24) is 16.3 Å². The second-order valence-corrected chi connectivity index (χ2v) is 5.17. The second-order valence-electron chi connectivity index (χ2n) is 5.17. The third kappa shape index (κ3) is 3.75. The van der Waals surface area contributed by atoms with Gasteiger partial charge in [0, 0.05) is 18.2 Å². The SMILES string of the molecule is CCOCCOc1ccccc1C1NNC(C)C1C(=O)NN. The molecule has 7 nitrogen and oxygen atoms in total. The molecular weight excluding hydrogens is 284 g/mol. The number of carbonyl (C=O) groups excluding carboxylic acids is 1. The lowest BCUT2D eigenvalue weighted by Gasteiger charge is -2.22. The van der Waals surface area contributed by atoms with E-state index in [4.69, 9.17) is 15.3 Å². The molecular formula is C15H24N4O3. The third-order valence-electron chi connectivity index (χ3n) is 3.75. The molecule has 0 saturated carbocycles. The third-order valence-corrected chi connectivity index (χ3v) is 3.75. The highest BCUT2D eigenvalue weighted by molar-refractivity contribution is 5.80. The molecule has 2 rings (SSSR count). The number of amides is 1. The van der Waals surface area contributed by atoms with Gasteiger partial charge in [-0.15, -0.1) is 0 Å².